The van der Waals surface area contributed by atoms with E-state index < -0.39 is 0 Å². The Labute approximate surface area is 110 Å². The summed E-state index contributed by atoms with van der Waals surface area (Å²) in [5.41, 5.74) is 7.34. The third kappa shape index (κ3) is 1.36. The zero-order valence-electron chi connectivity index (χ0n) is 9.07. The summed E-state index contributed by atoms with van der Waals surface area (Å²) < 4.78 is 2.21. The molecule has 0 fully saturated rings. The lowest BCUT2D eigenvalue weighted by molar-refractivity contribution is 1.31. The van der Waals surface area contributed by atoms with Gasteiger partial charge < -0.3 is 0 Å². The molecule has 0 aliphatic carbocycles. The SMILES string of the molecule is c1cc2scnc2c(-c2ccnc3ncsc23)n1. The number of rotatable bonds is 1. The van der Waals surface area contributed by atoms with Gasteiger partial charge in [0.1, 0.15) is 5.52 Å². The van der Waals surface area contributed by atoms with Crippen molar-refractivity contribution in [3.05, 3.63) is 35.5 Å². The standard InChI is InChI=1S/C12H6N4S2/c1-3-14-12-11(18-6-16-12)7(1)9-10-8(2-4-13-9)17-5-15-10/h1-6H. The lowest BCUT2D eigenvalue weighted by Crippen LogP contribution is -1.86. The minimum Gasteiger partial charge on any atom is -0.254 e. The van der Waals surface area contributed by atoms with Gasteiger partial charge in [-0.15, -0.1) is 22.7 Å². The average molecular weight is 270 g/mol. The zero-order valence-corrected chi connectivity index (χ0v) is 10.7. The van der Waals surface area contributed by atoms with Crippen molar-refractivity contribution in [2.45, 2.75) is 0 Å². The molecule has 0 saturated carbocycles. The third-order valence-corrected chi connectivity index (χ3v) is 4.38. The van der Waals surface area contributed by atoms with Gasteiger partial charge in [0.25, 0.3) is 0 Å². The van der Waals surface area contributed by atoms with Gasteiger partial charge in [-0.3, -0.25) is 4.98 Å². The van der Waals surface area contributed by atoms with Crippen LogP contribution in [0.2, 0.25) is 0 Å². The van der Waals surface area contributed by atoms with E-state index >= 15 is 0 Å². The van der Waals surface area contributed by atoms with E-state index in [1.165, 1.54) is 0 Å². The van der Waals surface area contributed by atoms with E-state index in [9.17, 15) is 0 Å². The van der Waals surface area contributed by atoms with E-state index in [1.54, 1.807) is 28.9 Å². The molecule has 0 spiro atoms. The predicted molar refractivity (Wildman–Crippen MR) is 73.8 cm³/mol. The molecule has 0 radical (unpaired) electrons. The molecule has 0 N–H and O–H groups in total. The van der Waals surface area contributed by atoms with Gasteiger partial charge in [0, 0.05) is 18.0 Å². The Morgan fingerprint density at radius 2 is 1.72 bits per heavy atom. The molecule has 4 aromatic heterocycles. The Hall–Kier alpha value is -1.92. The van der Waals surface area contributed by atoms with Crippen molar-refractivity contribution in [2.75, 3.05) is 0 Å². The molecule has 0 atom stereocenters. The van der Waals surface area contributed by atoms with Gasteiger partial charge in [-0.1, -0.05) is 0 Å². The fourth-order valence-corrected chi connectivity index (χ4v) is 3.38. The van der Waals surface area contributed by atoms with Crippen molar-refractivity contribution in [1.82, 2.24) is 19.9 Å². The number of nitrogens with zero attached hydrogens (tertiary/aromatic N) is 4. The van der Waals surface area contributed by atoms with Gasteiger partial charge in [-0.25, -0.2) is 15.0 Å². The lowest BCUT2D eigenvalue weighted by atomic mass is 10.1. The number of hydrogen-bond acceptors (Lipinski definition) is 6. The maximum absolute atomic E-state index is 4.47. The fraction of sp³-hybridized carbons (Fsp3) is 0. The summed E-state index contributed by atoms with van der Waals surface area (Å²) in [7, 11) is 0. The van der Waals surface area contributed by atoms with E-state index in [-0.39, 0.29) is 0 Å². The van der Waals surface area contributed by atoms with Crippen LogP contribution in [0.3, 0.4) is 0 Å². The predicted octanol–water partition coefficient (Wildman–Crippen LogP) is 3.36. The molecule has 0 aliphatic rings. The molecule has 86 valence electrons. The number of aromatic nitrogens is 4. The quantitative estimate of drug-likeness (QED) is 0.532. The van der Waals surface area contributed by atoms with Gasteiger partial charge in [0.05, 0.1) is 26.1 Å². The highest BCUT2D eigenvalue weighted by Gasteiger charge is 2.12. The number of fused-ring (bicyclic) bond motifs is 2. The second kappa shape index (κ2) is 3.79. The van der Waals surface area contributed by atoms with Crippen LogP contribution < -0.4 is 0 Å². The van der Waals surface area contributed by atoms with Gasteiger partial charge in [0.2, 0.25) is 0 Å². The first kappa shape index (κ1) is 10.0. The summed E-state index contributed by atoms with van der Waals surface area (Å²) in [6.45, 7) is 0. The second-order valence-corrected chi connectivity index (χ2v) is 5.46. The molecule has 0 aromatic carbocycles. The molecule has 4 nitrogen and oxygen atoms in total. The van der Waals surface area contributed by atoms with Crippen LogP contribution in [0.25, 0.3) is 31.8 Å². The molecular weight excluding hydrogens is 264 g/mol. The monoisotopic (exact) mass is 270 g/mol. The molecule has 6 heteroatoms. The van der Waals surface area contributed by atoms with Gasteiger partial charge in [-0.05, 0) is 12.1 Å². The Kier molecular flexibility index (Phi) is 2.12. The summed E-state index contributed by atoms with van der Waals surface area (Å²) in [6.07, 6.45) is 3.59. The lowest BCUT2D eigenvalue weighted by Gasteiger charge is -2.02. The highest BCUT2D eigenvalue weighted by molar-refractivity contribution is 7.17. The highest BCUT2D eigenvalue weighted by atomic mass is 32.1. The van der Waals surface area contributed by atoms with Crippen molar-refractivity contribution in [3.63, 3.8) is 0 Å². The normalized spacial score (nSPS) is 11.3. The van der Waals surface area contributed by atoms with Crippen molar-refractivity contribution < 1.29 is 0 Å². The number of thiazole rings is 2. The van der Waals surface area contributed by atoms with Crippen molar-refractivity contribution in [3.8, 4) is 11.3 Å². The van der Waals surface area contributed by atoms with Crippen LogP contribution in [-0.2, 0) is 0 Å². The maximum Gasteiger partial charge on any atom is 0.170 e. The van der Waals surface area contributed by atoms with Crippen LogP contribution >= 0.6 is 22.7 Å². The molecule has 4 heterocycles. The number of pyridine rings is 2. The second-order valence-electron chi connectivity index (χ2n) is 3.72. The van der Waals surface area contributed by atoms with E-state index in [0.29, 0.717) is 0 Å². The topological polar surface area (TPSA) is 51.6 Å². The highest BCUT2D eigenvalue weighted by Crippen LogP contribution is 2.33. The number of hydrogen-bond donors (Lipinski definition) is 0. The Morgan fingerprint density at radius 3 is 2.72 bits per heavy atom. The van der Waals surface area contributed by atoms with Crippen LogP contribution in [0.1, 0.15) is 0 Å². The van der Waals surface area contributed by atoms with Crippen LogP contribution in [0.4, 0.5) is 0 Å². The molecule has 0 saturated heterocycles. The zero-order chi connectivity index (χ0) is 11.9. The summed E-state index contributed by atoms with van der Waals surface area (Å²) in [6, 6.07) is 3.96. The van der Waals surface area contributed by atoms with Crippen molar-refractivity contribution in [1.29, 1.82) is 0 Å². The Morgan fingerprint density at radius 1 is 0.833 bits per heavy atom. The summed E-state index contributed by atoms with van der Waals surface area (Å²) in [5.74, 6) is 0. The van der Waals surface area contributed by atoms with Crippen LogP contribution in [0, 0.1) is 0 Å². The molecule has 4 aromatic rings. The molecule has 0 aliphatic heterocycles. The first-order valence-corrected chi connectivity index (χ1v) is 7.06. The first-order valence-electron chi connectivity index (χ1n) is 5.30. The average Bonchev–Trinajstić information content (AvgIpc) is 3.06. The molecule has 0 amide bonds. The van der Waals surface area contributed by atoms with Crippen LogP contribution in [0.15, 0.2) is 35.5 Å². The molecule has 0 bridgehead atoms. The molecule has 18 heavy (non-hydrogen) atoms. The molecule has 4 rings (SSSR count). The van der Waals surface area contributed by atoms with E-state index in [1.807, 2.05) is 29.4 Å². The summed E-state index contributed by atoms with van der Waals surface area (Å²) in [4.78, 5) is 17.4. The van der Waals surface area contributed by atoms with Gasteiger partial charge >= 0.3 is 0 Å². The summed E-state index contributed by atoms with van der Waals surface area (Å²) >= 11 is 3.21. The van der Waals surface area contributed by atoms with E-state index in [2.05, 4.69) is 19.9 Å². The third-order valence-electron chi connectivity index (χ3n) is 2.74. The van der Waals surface area contributed by atoms with Crippen molar-refractivity contribution in [2.24, 2.45) is 0 Å². The van der Waals surface area contributed by atoms with Gasteiger partial charge in [-0.2, -0.15) is 0 Å². The molecular formula is C12H6N4S2. The van der Waals surface area contributed by atoms with Crippen LogP contribution in [-0.4, -0.2) is 19.9 Å². The largest absolute Gasteiger partial charge is 0.254 e. The van der Waals surface area contributed by atoms with Gasteiger partial charge in [0.15, 0.2) is 5.65 Å². The van der Waals surface area contributed by atoms with Crippen molar-refractivity contribution >= 4 is 43.2 Å². The summed E-state index contributed by atoms with van der Waals surface area (Å²) in [5, 5.41) is 0. The molecule has 0 unspecified atom stereocenters. The first-order chi connectivity index (χ1) is 8.93. The van der Waals surface area contributed by atoms with E-state index in [4.69, 9.17) is 0 Å². The van der Waals surface area contributed by atoms with E-state index in [0.717, 1.165) is 31.8 Å². The smallest absolute Gasteiger partial charge is 0.170 e. The minimum atomic E-state index is 0.770. The minimum absolute atomic E-state index is 0.770. The fourth-order valence-electron chi connectivity index (χ4n) is 1.95. The Balaban J connectivity index is 2.13. The maximum atomic E-state index is 4.47. The van der Waals surface area contributed by atoms with Crippen LogP contribution in [0.5, 0.6) is 0 Å². The Bertz CT molecular complexity index is 777.